The second-order valence-corrected chi connectivity index (χ2v) is 7.47. The number of nitrogens with one attached hydrogen (secondary N) is 1. The number of carbonyl (C=O) groups excluding carboxylic acids is 2. The van der Waals surface area contributed by atoms with Crippen LogP contribution in [-0.4, -0.2) is 24.9 Å². The number of carbonyl (C=O) groups is 2. The second kappa shape index (κ2) is 9.36. The summed E-state index contributed by atoms with van der Waals surface area (Å²) < 4.78 is 0. The molecule has 0 atom stereocenters. The maximum absolute atomic E-state index is 12.8. The summed E-state index contributed by atoms with van der Waals surface area (Å²) >= 11 is 0. The van der Waals surface area contributed by atoms with Crippen molar-refractivity contribution in [2.75, 3.05) is 11.9 Å². The molecule has 0 heterocycles. The molecule has 2 aromatic rings. The van der Waals surface area contributed by atoms with Crippen LogP contribution in [-0.2, 0) is 4.79 Å². The maximum Gasteiger partial charge on any atom is 0.253 e. The largest absolute Gasteiger partial charge is 0.349 e. The van der Waals surface area contributed by atoms with Crippen molar-refractivity contribution in [2.24, 2.45) is 0 Å². The van der Waals surface area contributed by atoms with Crippen LogP contribution in [0.25, 0.3) is 6.08 Å². The van der Waals surface area contributed by atoms with Gasteiger partial charge in [-0.15, -0.1) is 0 Å². The summed E-state index contributed by atoms with van der Waals surface area (Å²) in [7, 11) is 1.70. The molecular weight excluding hydrogens is 348 g/mol. The van der Waals surface area contributed by atoms with E-state index in [1.165, 1.54) is 16.9 Å². The molecule has 4 heteroatoms. The molecule has 1 aliphatic carbocycles. The van der Waals surface area contributed by atoms with Gasteiger partial charge in [0.25, 0.3) is 11.8 Å². The van der Waals surface area contributed by atoms with Gasteiger partial charge in [0.1, 0.15) is 0 Å². The minimum absolute atomic E-state index is 0.107. The molecule has 28 heavy (non-hydrogen) atoms. The number of likely N-dealkylation sites (N-methyl/N-ethyl adjacent to an activating group) is 1. The maximum atomic E-state index is 12.8. The normalized spacial score (nSPS) is 14.8. The summed E-state index contributed by atoms with van der Waals surface area (Å²) in [6.45, 7) is 2.03. The molecule has 1 aliphatic rings. The Morgan fingerprint density at radius 2 is 1.68 bits per heavy atom. The van der Waals surface area contributed by atoms with Gasteiger partial charge in [-0.25, -0.2) is 0 Å². The van der Waals surface area contributed by atoms with Crippen LogP contribution >= 0.6 is 0 Å². The number of benzene rings is 2. The van der Waals surface area contributed by atoms with E-state index in [4.69, 9.17) is 0 Å². The van der Waals surface area contributed by atoms with Crippen molar-refractivity contribution >= 4 is 23.6 Å². The zero-order chi connectivity index (χ0) is 19.9. The van der Waals surface area contributed by atoms with Crippen molar-refractivity contribution in [2.45, 2.75) is 45.1 Å². The minimum Gasteiger partial charge on any atom is -0.349 e. The number of anilines is 1. The van der Waals surface area contributed by atoms with Crippen LogP contribution in [0.1, 0.15) is 53.6 Å². The standard InChI is InChI=1S/C24H28N2O2/c1-18-12-14-19(15-13-18)16-17-23(27)26(2)22-11-7-6-10-21(22)24(28)25-20-8-4-3-5-9-20/h6-7,10-17,20H,3-5,8-9H2,1-2H3,(H,25,28). The lowest BCUT2D eigenvalue weighted by Gasteiger charge is -2.24. The van der Waals surface area contributed by atoms with Crippen LogP contribution in [0.3, 0.4) is 0 Å². The van der Waals surface area contributed by atoms with Gasteiger partial charge in [-0.3, -0.25) is 9.59 Å². The molecule has 1 fully saturated rings. The molecule has 0 saturated heterocycles. The molecule has 1 saturated carbocycles. The molecule has 0 aliphatic heterocycles. The van der Waals surface area contributed by atoms with Gasteiger partial charge in [0.15, 0.2) is 0 Å². The van der Waals surface area contributed by atoms with Crippen molar-refractivity contribution in [1.29, 1.82) is 0 Å². The Labute approximate surface area is 167 Å². The Kier molecular flexibility index (Phi) is 6.64. The molecule has 0 aromatic heterocycles. The van der Waals surface area contributed by atoms with Crippen molar-refractivity contribution in [3.05, 3.63) is 71.3 Å². The van der Waals surface area contributed by atoms with Gasteiger partial charge in [-0.1, -0.05) is 61.2 Å². The molecule has 0 bridgehead atoms. The van der Waals surface area contributed by atoms with E-state index in [0.29, 0.717) is 11.3 Å². The van der Waals surface area contributed by atoms with E-state index in [0.717, 1.165) is 31.2 Å². The van der Waals surface area contributed by atoms with Crippen molar-refractivity contribution < 1.29 is 9.59 Å². The van der Waals surface area contributed by atoms with E-state index in [1.54, 1.807) is 25.3 Å². The highest BCUT2D eigenvalue weighted by Gasteiger charge is 2.20. The SMILES string of the molecule is Cc1ccc(C=CC(=O)N(C)c2ccccc2C(=O)NC2CCCCC2)cc1. The van der Waals surface area contributed by atoms with E-state index < -0.39 is 0 Å². The molecule has 146 valence electrons. The fraction of sp³-hybridized carbons (Fsp3) is 0.333. The molecule has 0 radical (unpaired) electrons. The van der Waals surface area contributed by atoms with Crippen LogP contribution in [0.5, 0.6) is 0 Å². The Morgan fingerprint density at radius 3 is 2.39 bits per heavy atom. The van der Waals surface area contributed by atoms with Crippen LogP contribution in [0.2, 0.25) is 0 Å². The van der Waals surface area contributed by atoms with Crippen LogP contribution in [0, 0.1) is 6.92 Å². The number of para-hydroxylation sites is 1. The first-order valence-electron chi connectivity index (χ1n) is 9.97. The number of hydrogen-bond acceptors (Lipinski definition) is 2. The summed E-state index contributed by atoms with van der Waals surface area (Å²) in [6, 6.07) is 15.5. The van der Waals surface area contributed by atoms with Crippen molar-refractivity contribution in [3.63, 3.8) is 0 Å². The third-order valence-corrected chi connectivity index (χ3v) is 5.28. The molecule has 3 rings (SSSR count). The second-order valence-electron chi connectivity index (χ2n) is 7.47. The van der Waals surface area contributed by atoms with E-state index in [9.17, 15) is 9.59 Å². The molecular formula is C24H28N2O2. The summed E-state index contributed by atoms with van der Waals surface area (Å²) in [4.78, 5) is 27.0. The van der Waals surface area contributed by atoms with Gasteiger partial charge >= 0.3 is 0 Å². The Hall–Kier alpha value is -2.88. The predicted octanol–water partition coefficient (Wildman–Crippen LogP) is 4.73. The molecule has 0 spiro atoms. The smallest absolute Gasteiger partial charge is 0.253 e. The lowest BCUT2D eigenvalue weighted by atomic mass is 9.95. The zero-order valence-electron chi connectivity index (χ0n) is 16.7. The van der Waals surface area contributed by atoms with Gasteiger partial charge in [0.05, 0.1) is 11.3 Å². The monoisotopic (exact) mass is 376 g/mol. The quantitative estimate of drug-likeness (QED) is 0.767. The number of rotatable bonds is 5. The molecule has 2 aromatic carbocycles. The fourth-order valence-corrected chi connectivity index (χ4v) is 3.54. The molecule has 4 nitrogen and oxygen atoms in total. The highest BCUT2D eigenvalue weighted by Crippen LogP contribution is 2.22. The third kappa shape index (κ3) is 5.10. The van der Waals surface area contributed by atoms with Gasteiger partial charge in [-0.05, 0) is 43.5 Å². The average molecular weight is 377 g/mol. The highest BCUT2D eigenvalue weighted by molar-refractivity contribution is 6.08. The Balaban J connectivity index is 1.72. The van der Waals surface area contributed by atoms with Crippen molar-refractivity contribution in [1.82, 2.24) is 5.32 Å². The summed E-state index contributed by atoms with van der Waals surface area (Å²) in [5.41, 5.74) is 3.30. The zero-order valence-corrected chi connectivity index (χ0v) is 16.7. The van der Waals surface area contributed by atoms with E-state index in [-0.39, 0.29) is 17.9 Å². The Bertz CT molecular complexity index is 849. The number of hydrogen-bond donors (Lipinski definition) is 1. The average Bonchev–Trinajstić information content (AvgIpc) is 2.73. The molecule has 2 amide bonds. The molecule has 1 N–H and O–H groups in total. The first-order chi connectivity index (χ1) is 13.5. The fourth-order valence-electron chi connectivity index (χ4n) is 3.54. The predicted molar refractivity (Wildman–Crippen MR) is 114 cm³/mol. The van der Waals surface area contributed by atoms with Gasteiger partial charge in [0, 0.05) is 19.2 Å². The van der Waals surface area contributed by atoms with Crippen molar-refractivity contribution in [3.8, 4) is 0 Å². The number of aryl methyl sites for hydroxylation is 1. The lowest BCUT2D eigenvalue weighted by molar-refractivity contribution is -0.113. The highest BCUT2D eigenvalue weighted by atomic mass is 16.2. The first-order valence-corrected chi connectivity index (χ1v) is 9.97. The summed E-state index contributed by atoms with van der Waals surface area (Å²) in [5, 5.41) is 3.14. The lowest BCUT2D eigenvalue weighted by Crippen LogP contribution is -2.37. The van der Waals surface area contributed by atoms with E-state index in [2.05, 4.69) is 5.32 Å². The third-order valence-electron chi connectivity index (χ3n) is 5.28. The van der Waals surface area contributed by atoms with Crippen LogP contribution < -0.4 is 10.2 Å². The van der Waals surface area contributed by atoms with Gasteiger partial charge in [0.2, 0.25) is 0 Å². The summed E-state index contributed by atoms with van der Waals surface area (Å²) in [6.07, 6.45) is 8.96. The van der Waals surface area contributed by atoms with Crippen LogP contribution in [0.15, 0.2) is 54.6 Å². The summed E-state index contributed by atoms with van der Waals surface area (Å²) in [5.74, 6) is -0.275. The number of amides is 2. The van der Waals surface area contributed by atoms with Gasteiger partial charge in [-0.2, -0.15) is 0 Å². The minimum atomic E-state index is -0.168. The van der Waals surface area contributed by atoms with Crippen LogP contribution in [0.4, 0.5) is 5.69 Å². The topological polar surface area (TPSA) is 49.4 Å². The Morgan fingerprint density at radius 1 is 1.00 bits per heavy atom. The molecule has 0 unspecified atom stereocenters. The van der Waals surface area contributed by atoms with E-state index >= 15 is 0 Å². The van der Waals surface area contributed by atoms with Gasteiger partial charge < -0.3 is 10.2 Å². The number of nitrogens with zero attached hydrogens (tertiary/aromatic N) is 1. The van der Waals surface area contributed by atoms with E-state index in [1.807, 2.05) is 49.4 Å². The first kappa shape index (κ1) is 19.9.